The molecule has 1 aromatic carbocycles. The van der Waals surface area contributed by atoms with E-state index < -0.39 is 0 Å². The van der Waals surface area contributed by atoms with Gasteiger partial charge in [-0.2, -0.15) is 0 Å². The molecule has 0 saturated carbocycles. The fourth-order valence-electron chi connectivity index (χ4n) is 2.49. The molecule has 0 bridgehead atoms. The van der Waals surface area contributed by atoms with Crippen molar-refractivity contribution < 1.29 is 9.59 Å². The zero-order chi connectivity index (χ0) is 16.4. The molecule has 0 atom stereocenters. The van der Waals surface area contributed by atoms with E-state index in [2.05, 4.69) is 21.2 Å². The highest BCUT2D eigenvalue weighted by Gasteiger charge is 2.32. The highest BCUT2D eigenvalue weighted by molar-refractivity contribution is 9.10. The molecule has 6 heteroatoms. The van der Waals surface area contributed by atoms with Crippen molar-refractivity contribution in [3.8, 4) is 5.69 Å². The van der Waals surface area contributed by atoms with E-state index in [1.165, 1.54) is 4.90 Å². The molecule has 5 nitrogen and oxygen atoms in total. The van der Waals surface area contributed by atoms with Crippen LogP contribution in [-0.4, -0.2) is 28.0 Å². The van der Waals surface area contributed by atoms with Gasteiger partial charge >= 0.3 is 6.03 Å². The largest absolute Gasteiger partial charge is 0.329 e. The van der Waals surface area contributed by atoms with Gasteiger partial charge in [-0.25, -0.2) is 4.79 Å². The summed E-state index contributed by atoms with van der Waals surface area (Å²) in [5.74, 6) is -0.277. The number of amides is 3. The van der Waals surface area contributed by atoms with Crippen molar-refractivity contribution >= 4 is 33.9 Å². The standard InChI is InChI=1S/C17H16BrN3O2/c1-2-9-21-16(22)15(19-17(21)23)11-14-4-3-10-20(14)13-7-5-12(18)6-8-13/h3-8,10-11H,2,9H2,1H3,(H,19,23)/b15-11+. The van der Waals surface area contributed by atoms with E-state index in [0.29, 0.717) is 12.2 Å². The predicted octanol–water partition coefficient (Wildman–Crippen LogP) is 3.54. The lowest BCUT2D eigenvalue weighted by atomic mass is 10.2. The number of urea groups is 1. The lowest BCUT2D eigenvalue weighted by Crippen LogP contribution is -2.31. The second-order valence-electron chi connectivity index (χ2n) is 5.22. The first-order valence-corrected chi connectivity index (χ1v) is 8.17. The first-order chi connectivity index (χ1) is 11.1. The second kappa shape index (κ2) is 6.42. The summed E-state index contributed by atoms with van der Waals surface area (Å²) in [5, 5.41) is 2.64. The van der Waals surface area contributed by atoms with Crippen molar-refractivity contribution in [1.29, 1.82) is 0 Å². The summed E-state index contributed by atoms with van der Waals surface area (Å²) in [5.41, 5.74) is 2.11. The Hall–Kier alpha value is -2.34. The number of hydrogen-bond acceptors (Lipinski definition) is 2. The molecule has 1 saturated heterocycles. The molecular formula is C17H16BrN3O2. The lowest BCUT2D eigenvalue weighted by Gasteiger charge is -2.09. The van der Waals surface area contributed by atoms with Gasteiger partial charge in [0.15, 0.2) is 0 Å². The Labute approximate surface area is 142 Å². The Morgan fingerprint density at radius 2 is 1.91 bits per heavy atom. The number of hydrogen-bond donors (Lipinski definition) is 1. The van der Waals surface area contributed by atoms with Crippen LogP contribution in [-0.2, 0) is 4.79 Å². The van der Waals surface area contributed by atoms with E-state index in [9.17, 15) is 9.59 Å². The smallest absolute Gasteiger partial charge is 0.317 e. The van der Waals surface area contributed by atoms with Crippen LogP contribution >= 0.6 is 15.9 Å². The van der Waals surface area contributed by atoms with Crippen molar-refractivity contribution in [3.05, 3.63) is 58.5 Å². The van der Waals surface area contributed by atoms with Gasteiger partial charge in [-0.3, -0.25) is 9.69 Å². The van der Waals surface area contributed by atoms with E-state index >= 15 is 0 Å². The molecule has 1 fully saturated rings. The fourth-order valence-corrected chi connectivity index (χ4v) is 2.76. The number of benzene rings is 1. The van der Waals surface area contributed by atoms with Crippen LogP contribution in [0.4, 0.5) is 4.79 Å². The molecule has 2 aromatic rings. The Kier molecular flexibility index (Phi) is 4.34. The first kappa shape index (κ1) is 15.6. The van der Waals surface area contributed by atoms with E-state index in [4.69, 9.17) is 0 Å². The average Bonchev–Trinajstić information content (AvgIpc) is 3.09. The molecule has 0 radical (unpaired) electrons. The maximum Gasteiger partial charge on any atom is 0.329 e. The Morgan fingerprint density at radius 1 is 1.17 bits per heavy atom. The molecule has 3 amide bonds. The SMILES string of the molecule is CCCN1C(=O)N/C(=C/c2cccn2-c2ccc(Br)cc2)C1=O. The minimum Gasteiger partial charge on any atom is -0.317 e. The number of nitrogens with zero attached hydrogens (tertiary/aromatic N) is 2. The van der Waals surface area contributed by atoms with Gasteiger partial charge in [-0.05, 0) is 48.9 Å². The van der Waals surface area contributed by atoms with Gasteiger partial charge in [0, 0.05) is 28.6 Å². The molecule has 2 heterocycles. The van der Waals surface area contributed by atoms with Crippen LogP contribution in [0.5, 0.6) is 0 Å². The molecular weight excluding hydrogens is 358 g/mol. The monoisotopic (exact) mass is 373 g/mol. The minimum atomic E-state index is -0.357. The van der Waals surface area contributed by atoms with E-state index in [0.717, 1.165) is 22.3 Å². The van der Waals surface area contributed by atoms with E-state index in [-0.39, 0.29) is 11.9 Å². The fraction of sp³-hybridized carbons (Fsp3) is 0.176. The third-order valence-corrected chi connectivity index (χ3v) is 4.12. The van der Waals surface area contributed by atoms with Crippen molar-refractivity contribution in [2.45, 2.75) is 13.3 Å². The molecule has 0 spiro atoms. The molecule has 0 unspecified atom stereocenters. The van der Waals surface area contributed by atoms with Crippen molar-refractivity contribution in [2.75, 3.05) is 6.54 Å². The molecule has 3 rings (SSSR count). The minimum absolute atomic E-state index is 0.277. The zero-order valence-electron chi connectivity index (χ0n) is 12.6. The topological polar surface area (TPSA) is 54.3 Å². The van der Waals surface area contributed by atoms with E-state index in [1.807, 2.05) is 54.1 Å². The molecule has 1 aliphatic rings. The number of carbonyl (C=O) groups excluding carboxylic acids is 2. The van der Waals surface area contributed by atoms with Gasteiger partial charge in [0.1, 0.15) is 5.70 Å². The van der Waals surface area contributed by atoms with Gasteiger partial charge in [0.2, 0.25) is 0 Å². The summed E-state index contributed by atoms with van der Waals surface area (Å²) >= 11 is 3.42. The van der Waals surface area contributed by atoms with Crippen LogP contribution < -0.4 is 5.32 Å². The summed E-state index contributed by atoms with van der Waals surface area (Å²) in [6, 6.07) is 11.3. The third-order valence-electron chi connectivity index (χ3n) is 3.59. The highest BCUT2D eigenvalue weighted by Crippen LogP contribution is 2.20. The number of aromatic nitrogens is 1. The molecule has 1 aliphatic heterocycles. The Balaban J connectivity index is 1.92. The molecule has 118 valence electrons. The Morgan fingerprint density at radius 3 is 2.61 bits per heavy atom. The van der Waals surface area contributed by atoms with Gasteiger partial charge < -0.3 is 9.88 Å². The van der Waals surface area contributed by atoms with Crippen molar-refractivity contribution in [1.82, 2.24) is 14.8 Å². The zero-order valence-corrected chi connectivity index (χ0v) is 14.2. The van der Waals surface area contributed by atoms with Crippen LogP contribution in [0.25, 0.3) is 11.8 Å². The van der Waals surface area contributed by atoms with Crippen molar-refractivity contribution in [3.63, 3.8) is 0 Å². The maximum atomic E-state index is 12.3. The second-order valence-corrected chi connectivity index (χ2v) is 6.14. The first-order valence-electron chi connectivity index (χ1n) is 7.38. The molecule has 1 aromatic heterocycles. The summed E-state index contributed by atoms with van der Waals surface area (Å²) in [4.78, 5) is 25.4. The van der Waals surface area contributed by atoms with Crippen LogP contribution in [0.15, 0.2) is 52.8 Å². The summed E-state index contributed by atoms with van der Waals surface area (Å²) in [6.45, 7) is 2.36. The Bertz CT molecular complexity index is 777. The van der Waals surface area contributed by atoms with Crippen LogP contribution in [0.3, 0.4) is 0 Å². The quantitative estimate of drug-likeness (QED) is 0.658. The van der Waals surface area contributed by atoms with Gasteiger partial charge in [-0.1, -0.05) is 22.9 Å². The van der Waals surface area contributed by atoms with Crippen LogP contribution in [0, 0.1) is 0 Å². The molecule has 0 aliphatic carbocycles. The van der Waals surface area contributed by atoms with Gasteiger partial charge in [-0.15, -0.1) is 0 Å². The molecule has 1 N–H and O–H groups in total. The number of carbonyl (C=O) groups is 2. The number of imide groups is 1. The van der Waals surface area contributed by atoms with Gasteiger partial charge in [0.25, 0.3) is 5.91 Å². The normalized spacial score (nSPS) is 16.3. The number of nitrogens with one attached hydrogen (secondary N) is 1. The number of rotatable bonds is 4. The number of halogens is 1. The summed E-state index contributed by atoms with van der Waals surface area (Å²) in [6.07, 6.45) is 4.36. The van der Waals surface area contributed by atoms with Gasteiger partial charge in [0.05, 0.1) is 0 Å². The average molecular weight is 374 g/mol. The summed E-state index contributed by atoms with van der Waals surface area (Å²) < 4.78 is 2.96. The molecule has 23 heavy (non-hydrogen) atoms. The van der Waals surface area contributed by atoms with Crippen molar-refractivity contribution in [2.24, 2.45) is 0 Å². The van der Waals surface area contributed by atoms with E-state index in [1.54, 1.807) is 6.08 Å². The third kappa shape index (κ3) is 3.07. The van der Waals surface area contributed by atoms with Crippen LogP contribution in [0.2, 0.25) is 0 Å². The highest BCUT2D eigenvalue weighted by atomic mass is 79.9. The lowest BCUT2D eigenvalue weighted by molar-refractivity contribution is -0.122. The van der Waals surface area contributed by atoms with Crippen LogP contribution in [0.1, 0.15) is 19.0 Å². The predicted molar refractivity (Wildman–Crippen MR) is 92.0 cm³/mol. The summed E-state index contributed by atoms with van der Waals surface area (Å²) in [7, 11) is 0. The maximum absolute atomic E-state index is 12.3.